The fourth-order valence-electron chi connectivity index (χ4n) is 6.01. The molecule has 1 aliphatic carbocycles. The molecule has 3 aliphatic rings. The second-order valence-electron chi connectivity index (χ2n) is 10.6. The number of carbonyl (C=O) groups is 3. The Kier molecular flexibility index (Phi) is 7.54. The summed E-state index contributed by atoms with van der Waals surface area (Å²) in [5, 5.41) is 24.8. The van der Waals surface area contributed by atoms with Crippen molar-refractivity contribution in [3.63, 3.8) is 0 Å². The second kappa shape index (κ2) is 10.4. The number of ketones is 1. The predicted octanol–water partition coefficient (Wildman–Crippen LogP) is 2.86. The third kappa shape index (κ3) is 4.76. The van der Waals surface area contributed by atoms with E-state index in [1.54, 1.807) is 26.2 Å². The molecule has 4 rings (SSSR count). The van der Waals surface area contributed by atoms with Crippen molar-refractivity contribution in [1.29, 1.82) is 0 Å². The van der Waals surface area contributed by atoms with Gasteiger partial charge in [0.25, 0.3) is 5.91 Å². The van der Waals surface area contributed by atoms with Crippen LogP contribution in [0.25, 0.3) is 0 Å². The number of Topliss-reactive ketones (excluding diaryl/α,β-unsaturated/α-hetero) is 1. The van der Waals surface area contributed by atoms with Crippen molar-refractivity contribution in [3.05, 3.63) is 66.5 Å². The first-order valence-corrected chi connectivity index (χ1v) is 12.7. The van der Waals surface area contributed by atoms with Crippen molar-refractivity contribution in [2.75, 3.05) is 7.11 Å². The number of ether oxygens (including phenoxy) is 3. The minimum atomic E-state index is -1.87. The normalized spacial score (nSPS) is 39.2. The number of rotatable bonds is 3. The number of carbonyl (C=O) groups excluding carboxylic acids is 3. The van der Waals surface area contributed by atoms with E-state index in [4.69, 9.17) is 14.2 Å². The molecule has 2 heterocycles. The van der Waals surface area contributed by atoms with Gasteiger partial charge in [-0.05, 0) is 55.0 Å². The zero-order chi connectivity index (χ0) is 27.8. The van der Waals surface area contributed by atoms with Gasteiger partial charge < -0.3 is 29.7 Å². The van der Waals surface area contributed by atoms with E-state index in [9.17, 15) is 24.6 Å². The van der Waals surface area contributed by atoms with Crippen molar-refractivity contribution in [3.8, 4) is 5.75 Å². The molecule has 1 saturated heterocycles. The van der Waals surface area contributed by atoms with Gasteiger partial charge in [-0.3, -0.25) is 9.59 Å². The lowest BCUT2D eigenvalue weighted by molar-refractivity contribution is -0.159. The van der Waals surface area contributed by atoms with Crippen molar-refractivity contribution in [1.82, 2.24) is 5.32 Å². The Bertz CT molecular complexity index is 1170. The maximum absolute atomic E-state index is 13.8. The lowest BCUT2D eigenvalue weighted by Gasteiger charge is -2.48. The SMILES string of the molecule is C=C1C(C)C2C(Cc3ccc(OC)cc3)NC(=O)C23OC(=O)O/C=C/C(C)(O)C(=O)C(C)C/C=C/C3C1O. The van der Waals surface area contributed by atoms with Crippen LogP contribution >= 0.6 is 0 Å². The van der Waals surface area contributed by atoms with Gasteiger partial charge in [0, 0.05) is 17.9 Å². The zero-order valence-electron chi connectivity index (χ0n) is 22.0. The molecule has 1 saturated carbocycles. The number of benzene rings is 1. The van der Waals surface area contributed by atoms with Crippen LogP contribution in [0.3, 0.4) is 0 Å². The van der Waals surface area contributed by atoms with Gasteiger partial charge in [0.15, 0.2) is 5.78 Å². The summed E-state index contributed by atoms with van der Waals surface area (Å²) in [4.78, 5) is 39.4. The Balaban J connectivity index is 1.78. The average molecular weight is 526 g/mol. The Morgan fingerprint density at radius 2 is 1.87 bits per heavy atom. The van der Waals surface area contributed by atoms with Gasteiger partial charge in [0.2, 0.25) is 5.60 Å². The van der Waals surface area contributed by atoms with Crippen LogP contribution in [0.2, 0.25) is 0 Å². The molecular weight excluding hydrogens is 490 g/mol. The smallest absolute Gasteiger partial charge is 0.497 e. The molecule has 3 N–H and O–H groups in total. The summed E-state index contributed by atoms with van der Waals surface area (Å²) < 4.78 is 16.2. The molecule has 2 fully saturated rings. The Morgan fingerprint density at radius 3 is 2.53 bits per heavy atom. The molecule has 0 aromatic heterocycles. The maximum Gasteiger partial charge on any atom is 0.514 e. The fourth-order valence-corrected chi connectivity index (χ4v) is 6.01. The molecule has 204 valence electrons. The Hall–Kier alpha value is -3.43. The topological polar surface area (TPSA) is 131 Å². The predicted molar refractivity (Wildman–Crippen MR) is 138 cm³/mol. The fraction of sp³-hybridized carbons (Fsp3) is 0.483. The van der Waals surface area contributed by atoms with E-state index < -0.39 is 64.9 Å². The first-order valence-electron chi connectivity index (χ1n) is 12.7. The van der Waals surface area contributed by atoms with Crippen molar-refractivity contribution >= 4 is 17.8 Å². The largest absolute Gasteiger partial charge is 0.514 e. The molecule has 8 unspecified atom stereocenters. The van der Waals surface area contributed by atoms with Crippen molar-refractivity contribution in [2.45, 2.75) is 57.0 Å². The summed E-state index contributed by atoms with van der Waals surface area (Å²) in [7, 11) is 1.58. The third-order valence-electron chi connectivity index (χ3n) is 8.14. The summed E-state index contributed by atoms with van der Waals surface area (Å²) in [6.45, 7) is 8.94. The van der Waals surface area contributed by atoms with Crippen LogP contribution in [0.5, 0.6) is 5.75 Å². The minimum absolute atomic E-state index is 0.237. The van der Waals surface area contributed by atoms with Gasteiger partial charge in [-0.15, -0.1) is 0 Å². The standard InChI is InChI=1S/C29H35NO8/c1-16-7-6-8-21-24(31)18(3)17(2)23-22(15-19-9-11-20(36-5)12-10-19)30-26(33)29(21,23)38-27(34)37-14-13-28(4,35)25(16)32/h6,8-14,16-17,21-24,31,35H,3,7,15H2,1-2,4-5H3,(H,30,33)/b8-6+,14-13+. The molecule has 1 spiro atoms. The van der Waals surface area contributed by atoms with E-state index in [2.05, 4.69) is 11.9 Å². The van der Waals surface area contributed by atoms with Gasteiger partial charge >= 0.3 is 6.16 Å². The van der Waals surface area contributed by atoms with Crippen LogP contribution in [-0.2, 0) is 25.5 Å². The molecule has 8 atom stereocenters. The minimum Gasteiger partial charge on any atom is -0.497 e. The van der Waals surface area contributed by atoms with Crippen molar-refractivity contribution in [2.24, 2.45) is 23.7 Å². The van der Waals surface area contributed by atoms with Crippen LogP contribution < -0.4 is 10.1 Å². The number of hydrogen-bond donors (Lipinski definition) is 3. The van der Waals surface area contributed by atoms with Crippen LogP contribution in [0.1, 0.15) is 32.8 Å². The summed E-state index contributed by atoms with van der Waals surface area (Å²) in [6, 6.07) is 7.03. The molecule has 2 aliphatic heterocycles. The number of nitrogens with one attached hydrogen (secondary N) is 1. The van der Waals surface area contributed by atoms with Gasteiger partial charge in [0.1, 0.15) is 11.4 Å². The zero-order valence-corrected chi connectivity index (χ0v) is 22.0. The van der Waals surface area contributed by atoms with Crippen LogP contribution in [0.15, 0.2) is 60.9 Å². The van der Waals surface area contributed by atoms with Gasteiger partial charge in [-0.1, -0.05) is 44.7 Å². The maximum atomic E-state index is 13.8. The van der Waals surface area contributed by atoms with Crippen molar-refractivity contribution < 1.29 is 38.8 Å². The molecule has 1 aromatic rings. The number of allylic oxidation sites excluding steroid dienone is 1. The van der Waals surface area contributed by atoms with Crippen LogP contribution in [-0.4, -0.2) is 58.5 Å². The first-order chi connectivity index (χ1) is 17.9. The molecule has 38 heavy (non-hydrogen) atoms. The first kappa shape index (κ1) is 27.6. The monoisotopic (exact) mass is 525 g/mol. The molecule has 1 aromatic carbocycles. The van der Waals surface area contributed by atoms with Crippen LogP contribution in [0.4, 0.5) is 4.79 Å². The highest BCUT2D eigenvalue weighted by molar-refractivity contribution is 5.92. The van der Waals surface area contributed by atoms with E-state index in [0.717, 1.165) is 17.9 Å². The molecule has 0 radical (unpaired) electrons. The highest BCUT2D eigenvalue weighted by Crippen LogP contribution is 2.52. The lowest BCUT2D eigenvalue weighted by atomic mass is 9.59. The van der Waals surface area contributed by atoms with E-state index in [0.29, 0.717) is 17.7 Å². The van der Waals surface area contributed by atoms with Gasteiger partial charge in [-0.25, -0.2) is 4.79 Å². The highest BCUT2D eigenvalue weighted by Gasteiger charge is 2.68. The molecule has 0 bridgehead atoms. The molecule has 9 heteroatoms. The van der Waals surface area contributed by atoms with Crippen LogP contribution in [0, 0.1) is 23.7 Å². The number of hydrogen-bond acceptors (Lipinski definition) is 8. The molecular formula is C29H35NO8. The molecule has 9 nitrogen and oxygen atoms in total. The van der Waals surface area contributed by atoms with E-state index in [1.807, 2.05) is 31.2 Å². The summed E-state index contributed by atoms with van der Waals surface area (Å²) in [5.41, 5.74) is -2.20. The summed E-state index contributed by atoms with van der Waals surface area (Å²) in [6.07, 6.45) is 3.55. The number of methoxy groups -OCH3 is 1. The lowest BCUT2D eigenvalue weighted by Crippen LogP contribution is -2.61. The van der Waals surface area contributed by atoms with E-state index >= 15 is 0 Å². The Morgan fingerprint density at radius 1 is 1.18 bits per heavy atom. The second-order valence-corrected chi connectivity index (χ2v) is 10.6. The highest BCUT2D eigenvalue weighted by atomic mass is 16.7. The third-order valence-corrected chi connectivity index (χ3v) is 8.14. The quantitative estimate of drug-likeness (QED) is 0.406. The van der Waals surface area contributed by atoms with Gasteiger partial charge in [-0.2, -0.15) is 0 Å². The van der Waals surface area contributed by atoms with E-state index in [-0.39, 0.29) is 6.42 Å². The average Bonchev–Trinajstić information content (AvgIpc) is 3.15. The van der Waals surface area contributed by atoms with Gasteiger partial charge in [0.05, 0.1) is 25.4 Å². The summed E-state index contributed by atoms with van der Waals surface area (Å²) in [5.74, 6) is -2.84. The molecule has 1 amide bonds. The number of amides is 1. The summed E-state index contributed by atoms with van der Waals surface area (Å²) >= 11 is 0. The Labute approximate surface area is 222 Å². The number of aliphatic hydroxyl groups is 2. The number of cyclic esters (lactones) is 1. The number of aliphatic hydroxyl groups excluding tert-OH is 1. The van der Waals surface area contributed by atoms with E-state index in [1.165, 1.54) is 6.92 Å².